The van der Waals surface area contributed by atoms with E-state index in [9.17, 15) is 68.1 Å². The van der Waals surface area contributed by atoms with Gasteiger partial charge in [-0.2, -0.15) is 0 Å². The zero-order chi connectivity index (χ0) is 57.1. The molecule has 1 aliphatic rings. The lowest BCUT2D eigenvalue weighted by Crippen LogP contribution is -2.55. The van der Waals surface area contributed by atoms with Crippen molar-refractivity contribution in [1.82, 2.24) is 52.3 Å². The van der Waals surface area contributed by atoms with E-state index in [4.69, 9.17) is 15.3 Å². The van der Waals surface area contributed by atoms with Gasteiger partial charge >= 0.3 is 41.8 Å². The summed E-state index contributed by atoms with van der Waals surface area (Å²) in [4.78, 5) is 138. The number of rotatable bonds is 36. The third-order valence-electron chi connectivity index (χ3n) is 12.6. The lowest BCUT2D eigenvalue weighted by molar-refractivity contribution is -0.140. The molecule has 1 fully saturated rings. The molecule has 78 heavy (non-hydrogen) atoms. The number of urea groups is 1. The summed E-state index contributed by atoms with van der Waals surface area (Å²) in [6.45, 7) is -0.725. The lowest BCUT2D eigenvalue weighted by atomic mass is 9.81. The molecular weight excluding hydrogens is 1040 g/mol. The van der Waals surface area contributed by atoms with Crippen molar-refractivity contribution in [1.29, 1.82) is 0 Å². The van der Waals surface area contributed by atoms with Gasteiger partial charge < -0.3 is 73.2 Å². The fourth-order valence-corrected chi connectivity index (χ4v) is 9.38. The Kier molecular flexibility index (Phi) is 26.5. The molecule has 1 aliphatic carbocycles. The first-order valence-corrected chi connectivity index (χ1v) is 26.2. The van der Waals surface area contributed by atoms with Gasteiger partial charge in [-0.15, -0.1) is 11.8 Å². The normalized spacial score (nSPS) is 15.4. The Bertz CT molecular complexity index is 2550. The van der Waals surface area contributed by atoms with Gasteiger partial charge in [-0.3, -0.25) is 48.2 Å². The van der Waals surface area contributed by atoms with Crippen molar-refractivity contribution >= 4 is 98.8 Å². The first-order valence-electron chi connectivity index (χ1n) is 25.0. The third-order valence-corrected chi connectivity index (χ3v) is 13.6. The molecule has 0 bridgehead atoms. The van der Waals surface area contributed by atoms with Crippen LogP contribution in [-0.4, -0.2) is 221 Å². The average Bonchev–Trinajstić information content (AvgIpc) is 3.43. The minimum absolute atomic E-state index is 0.00291. The van der Waals surface area contributed by atoms with Crippen molar-refractivity contribution in [2.45, 2.75) is 50.2 Å². The van der Waals surface area contributed by atoms with E-state index in [1.165, 1.54) is 0 Å². The van der Waals surface area contributed by atoms with Gasteiger partial charge in [-0.25, -0.2) is 14.4 Å². The molecule has 0 spiro atoms. The minimum atomic E-state index is -1.76. The topological polar surface area (TPSA) is 412 Å². The number of nitrogens with one attached hydrogen (secondary N) is 8. The van der Waals surface area contributed by atoms with E-state index in [1.807, 2.05) is 59.9 Å². The van der Waals surface area contributed by atoms with E-state index in [2.05, 4.69) is 37.2 Å². The van der Waals surface area contributed by atoms with Crippen molar-refractivity contribution in [3.8, 4) is 0 Å². The highest BCUT2D eigenvalue weighted by Gasteiger charge is 2.32. The smallest absolute Gasteiger partial charge is 0.328 e. The molecular formula is C50H68N10O17S. The van der Waals surface area contributed by atoms with Crippen molar-refractivity contribution in [3.63, 3.8) is 0 Å². The summed E-state index contributed by atoms with van der Waals surface area (Å²) in [5.41, 5.74) is 0.755. The molecule has 0 heterocycles. The van der Waals surface area contributed by atoms with Gasteiger partial charge in [0.15, 0.2) is 0 Å². The molecule has 4 rings (SSSR count). The third kappa shape index (κ3) is 22.9. The number of aliphatic carboxylic acids is 6. The van der Waals surface area contributed by atoms with Gasteiger partial charge in [0, 0.05) is 70.4 Å². The second-order valence-corrected chi connectivity index (χ2v) is 19.5. The van der Waals surface area contributed by atoms with E-state index >= 15 is 0 Å². The highest BCUT2D eigenvalue weighted by molar-refractivity contribution is 8.00. The molecule has 0 radical (unpaired) electrons. The number of carbonyl (C=O) groups is 11. The van der Waals surface area contributed by atoms with Gasteiger partial charge in [-0.05, 0) is 64.8 Å². The number of benzene rings is 3. The Hall–Kier alpha value is -7.66. The SMILES string of the molecule is O=C(O)CNCCN(CCN(CCNCC(=O)O)CC(=O)NCC1CCC(C(=O)N[C@@H](Cc2c3ccccc3cc3ccccc23)C(=O)NCC(=O)NC[C@H](NC(=O)N[C@@H](CSCC(=O)O)C(=O)O)C(=O)O)CC1)CC(=O)O. The van der Waals surface area contributed by atoms with Crippen molar-refractivity contribution < 1.29 is 83.4 Å². The van der Waals surface area contributed by atoms with Crippen LogP contribution in [0.5, 0.6) is 0 Å². The highest BCUT2D eigenvalue weighted by atomic mass is 32.2. The van der Waals surface area contributed by atoms with E-state index < -0.39 is 102 Å². The maximum absolute atomic E-state index is 14.1. The molecule has 27 nitrogen and oxygen atoms in total. The number of fused-ring (bicyclic) bond motifs is 2. The summed E-state index contributed by atoms with van der Waals surface area (Å²) >= 11 is 0.713. The van der Waals surface area contributed by atoms with Crippen molar-refractivity contribution in [2.75, 3.05) is 96.6 Å². The molecule has 14 N–H and O–H groups in total. The lowest BCUT2D eigenvalue weighted by Gasteiger charge is -2.30. The van der Waals surface area contributed by atoms with Crippen LogP contribution in [0.1, 0.15) is 31.2 Å². The zero-order valence-corrected chi connectivity index (χ0v) is 43.5. The van der Waals surface area contributed by atoms with E-state index in [0.29, 0.717) is 37.4 Å². The Morgan fingerprint density at radius 2 is 1.12 bits per heavy atom. The molecule has 28 heteroatoms. The molecule has 0 aliphatic heterocycles. The molecule has 3 aromatic carbocycles. The Labute approximate surface area is 452 Å². The number of amides is 6. The van der Waals surface area contributed by atoms with Crippen LogP contribution in [0.15, 0.2) is 54.6 Å². The predicted octanol–water partition coefficient (Wildman–Crippen LogP) is -1.76. The summed E-state index contributed by atoms with van der Waals surface area (Å²) in [7, 11) is 0. The zero-order valence-electron chi connectivity index (χ0n) is 42.7. The molecule has 6 amide bonds. The Morgan fingerprint density at radius 3 is 1.65 bits per heavy atom. The number of carboxylic acids is 6. The van der Waals surface area contributed by atoms with Crippen molar-refractivity contribution in [3.05, 3.63) is 60.2 Å². The van der Waals surface area contributed by atoms with Gasteiger partial charge in [0.25, 0.3) is 0 Å². The summed E-state index contributed by atoms with van der Waals surface area (Å²) in [6.07, 6.45) is 1.93. The molecule has 0 aromatic heterocycles. The Balaban J connectivity index is 1.38. The highest BCUT2D eigenvalue weighted by Crippen LogP contribution is 2.31. The van der Waals surface area contributed by atoms with Crippen LogP contribution in [0.4, 0.5) is 4.79 Å². The van der Waals surface area contributed by atoms with Crippen LogP contribution in [0.25, 0.3) is 21.5 Å². The van der Waals surface area contributed by atoms with E-state index in [0.717, 1.165) is 27.1 Å². The molecule has 1 saturated carbocycles. The number of hydrogen-bond donors (Lipinski definition) is 14. The second kappa shape index (κ2) is 32.8. The molecule has 426 valence electrons. The number of carboxylic acid groups (broad SMARTS) is 6. The fourth-order valence-electron chi connectivity index (χ4n) is 8.62. The number of thioether (sulfide) groups is 1. The van der Waals surface area contributed by atoms with Crippen LogP contribution in [0.2, 0.25) is 0 Å². The monoisotopic (exact) mass is 1110 g/mol. The first-order chi connectivity index (χ1) is 37.2. The summed E-state index contributed by atoms with van der Waals surface area (Å²) in [6, 6.07) is 11.3. The summed E-state index contributed by atoms with van der Waals surface area (Å²) in [5, 5.41) is 79.0. The average molecular weight is 1110 g/mol. The maximum Gasteiger partial charge on any atom is 0.328 e. The maximum atomic E-state index is 14.1. The number of carbonyl (C=O) groups excluding carboxylic acids is 5. The number of hydrogen-bond acceptors (Lipinski definition) is 16. The van der Waals surface area contributed by atoms with Crippen LogP contribution in [0.3, 0.4) is 0 Å². The van der Waals surface area contributed by atoms with Crippen LogP contribution in [0, 0.1) is 11.8 Å². The van der Waals surface area contributed by atoms with E-state index in [-0.39, 0.29) is 96.0 Å². The minimum Gasteiger partial charge on any atom is -0.481 e. The largest absolute Gasteiger partial charge is 0.481 e. The molecule has 3 aromatic rings. The van der Waals surface area contributed by atoms with Gasteiger partial charge in [0.2, 0.25) is 23.6 Å². The quantitative estimate of drug-likeness (QED) is 0.0226. The van der Waals surface area contributed by atoms with Gasteiger partial charge in [0.1, 0.15) is 18.1 Å². The van der Waals surface area contributed by atoms with Crippen molar-refractivity contribution in [2.24, 2.45) is 11.8 Å². The van der Waals surface area contributed by atoms with Crippen LogP contribution in [-0.2, 0) is 54.4 Å². The van der Waals surface area contributed by atoms with Crippen LogP contribution >= 0.6 is 11.8 Å². The van der Waals surface area contributed by atoms with Crippen LogP contribution < -0.4 is 42.5 Å². The number of nitrogens with zero attached hydrogens (tertiary/aromatic N) is 2. The summed E-state index contributed by atoms with van der Waals surface area (Å²) < 4.78 is 0. The molecule has 3 atom stereocenters. The van der Waals surface area contributed by atoms with E-state index in [1.54, 1.807) is 9.80 Å². The predicted molar refractivity (Wildman–Crippen MR) is 283 cm³/mol. The molecule has 0 saturated heterocycles. The second-order valence-electron chi connectivity index (χ2n) is 18.5. The fraction of sp³-hybridized carbons (Fsp3) is 0.500. The first kappa shape index (κ1) is 62.9. The standard InChI is InChI=1S/C50H68N10O17S/c61-40(54-22-38(48(73)74)57-50(77)58-39(49(75)76)28-78-29-45(69)70)23-55-47(72)37(20-36-34-7-3-1-5-32(34)19-33-6-2-4-8-35(33)36)56-46(71)31-11-9-30(10-12-31)21-53-41(62)26-59(15-13-51-24-42(63)64)17-18-60(27-44(67)68)16-14-52-25-43(65)66/h1-8,19,30-31,37-39,51-52H,9-18,20-29H2,(H,53,62)(H,54,61)(H,55,72)(H,56,71)(H,63,64)(H,65,66)(H,67,68)(H,69,70)(H,73,74)(H,75,76)(H2,57,58,77)/t30?,31?,37-,38-,39-/m0/s1. The van der Waals surface area contributed by atoms with Gasteiger partial charge in [-0.1, -0.05) is 48.5 Å². The Morgan fingerprint density at radius 1 is 0.564 bits per heavy atom. The molecule has 0 unspecified atom stereocenters. The van der Waals surface area contributed by atoms with Gasteiger partial charge in [0.05, 0.1) is 38.5 Å². The summed E-state index contributed by atoms with van der Waals surface area (Å²) in [5.74, 6) is -11.2.